The second-order valence-electron chi connectivity index (χ2n) is 9.28. The molecule has 0 spiro atoms. The van der Waals surface area contributed by atoms with Gasteiger partial charge in [0, 0.05) is 54.4 Å². The lowest BCUT2D eigenvalue weighted by Gasteiger charge is -2.48. The highest BCUT2D eigenvalue weighted by Crippen LogP contribution is 2.35. The van der Waals surface area contributed by atoms with Crippen LogP contribution in [0.2, 0.25) is 0 Å². The van der Waals surface area contributed by atoms with Gasteiger partial charge in [0.15, 0.2) is 43.1 Å². The summed E-state index contributed by atoms with van der Waals surface area (Å²) in [4.78, 5) is 71.9. The maximum absolute atomic E-state index is 12.2. The molecule has 17 heteroatoms. The van der Waals surface area contributed by atoms with Gasteiger partial charge in [-0.05, 0) is 0 Å². The summed E-state index contributed by atoms with van der Waals surface area (Å²) < 4.78 is 55.5. The highest BCUT2D eigenvalue weighted by Gasteiger charge is 2.57. The van der Waals surface area contributed by atoms with Gasteiger partial charge in [-0.1, -0.05) is 0 Å². The Morgan fingerprint density at radius 2 is 0.952 bits per heavy atom. The van der Waals surface area contributed by atoms with Crippen molar-refractivity contribution in [2.75, 3.05) is 19.5 Å². The largest absolute Gasteiger partial charge is 0.463 e. The third kappa shape index (κ3) is 9.79. The van der Waals surface area contributed by atoms with Gasteiger partial charge < -0.3 is 47.4 Å². The van der Waals surface area contributed by atoms with Gasteiger partial charge in [0.2, 0.25) is 0 Å². The molecule has 0 amide bonds. The van der Waals surface area contributed by atoms with Gasteiger partial charge in [0.25, 0.3) is 0 Å². The highest BCUT2D eigenvalue weighted by molar-refractivity contribution is 7.80. The molecule has 2 aliphatic heterocycles. The van der Waals surface area contributed by atoms with E-state index in [1.165, 1.54) is 7.11 Å². The van der Waals surface area contributed by atoms with E-state index in [4.69, 9.17) is 47.4 Å². The van der Waals surface area contributed by atoms with E-state index in [-0.39, 0.29) is 5.75 Å². The number of methoxy groups -OCH3 is 1. The second-order valence-corrected chi connectivity index (χ2v) is 9.64. The third-order valence-corrected chi connectivity index (χ3v) is 6.21. The van der Waals surface area contributed by atoms with Crippen LogP contribution in [0.4, 0.5) is 0 Å². The zero-order valence-corrected chi connectivity index (χ0v) is 25.1. The minimum atomic E-state index is -1.61. The Bertz CT molecular complexity index is 1000. The number of thiol groups is 1. The van der Waals surface area contributed by atoms with Gasteiger partial charge in [-0.15, -0.1) is 0 Å². The fraction of sp³-hybridized carbons (Fsp3) is 0.760. The molecule has 0 aliphatic carbocycles. The zero-order chi connectivity index (χ0) is 31.7. The van der Waals surface area contributed by atoms with E-state index in [9.17, 15) is 28.8 Å². The zero-order valence-electron chi connectivity index (χ0n) is 24.2. The van der Waals surface area contributed by atoms with E-state index < -0.39 is 104 Å². The number of ether oxygens (including phenoxy) is 10. The van der Waals surface area contributed by atoms with Crippen LogP contribution >= 0.6 is 12.6 Å². The number of hydrogen-bond donors (Lipinski definition) is 1. The van der Waals surface area contributed by atoms with Crippen LogP contribution in [0.15, 0.2) is 0 Å². The lowest BCUT2D eigenvalue weighted by atomic mass is 9.96. The molecule has 0 radical (unpaired) electrons. The Morgan fingerprint density at radius 3 is 1.38 bits per heavy atom. The molecule has 2 fully saturated rings. The van der Waals surface area contributed by atoms with Crippen LogP contribution in [-0.4, -0.2) is 117 Å². The molecule has 238 valence electrons. The Morgan fingerprint density at radius 1 is 0.548 bits per heavy atom. The van der Waals surface area contributed by atoms with E-state index >= 15 is 0 Å². The van der Waals surface area contributed by atoms with Crippen molar-refractivity contribution in [2.45, 2.75) is 103 Å². The van der Waals surface area contributed by atoms with E-state index in [1.807, 2.05) is 0 Å². The number of carbonyl (C=O) groups is 6. The van der Waals surface area contributed by atoms with Crippen LogP contribution in [0, 0.1) is 0 Å². The van der Waals surface area contributed by atoms with E-state index in [1.54, 1.807) is 0 Å². The Hall–Kier alpha value is -2.99. The van der Waals surface area contributed by atoms with Crippen LogP contribution in [0.3, 0.4) is 0 Å². The standard InChI is InChI=1S/C25H36O16S/c1-10(26)33-8-16-18(20(35-12(3)28)22(37-14(5)30)24(32-7)39-16)41-25-23(38-15(6)31)21(36-13(4)29)19(34-11(2)27)17(9-42)40-25/h16-25,42H,8-9H2,1-7H3/t16-,17-,18-,19+,20+,21+,22-,23-,24-,25+/m1/s1. The molecular weight excluding hydrogens is 588 g/mol. The predicted molar refractivity (Wildman–Crippen MR) is 137 cm³/mol. The second kappa shape index (κ2) is 16.0. The lowest BCUT2D eigenvalue weighted by Crippen LogP contribution is -2.67. The topological polar surface area (TPSA) is 195 Å². The first-order chi connectivity index (χ1) is 19.7. The lowest BCUT2D eigenvalue weighted by molar-refractivity contribution is -0.355. The quantitative estimate of drug-likeness (QED) is 0.177. The fourth-order valence-electron chi connectivity index (χ4n) is 4.48. The molecule has 0 N–H and O–H groups in total. The molecule has 2 aliphatic rings. The molecule has 2 heterocycles. The molecule has 10 atom stereocenters. The van der Waals surface area contributed by atoms with Gasteiger partial charge >= 0.3 is 35.8 Å². The summed E-state index contributed by atoms with van der Waals surface area (Å²) in [6, 6.07) is 0. The van der Waals surface area contributed by atoms with Crippen molar-refractivity contribution < 1.29 is 76.1 Å². The molecular formula is C25H36O16S. The minimum Gasteiger partial charge on any atom is -0.463 e. The number of rotatable bonds is 11. The van der Waals surface area contributed by atoms with Crippen molar-refractivity contribution in [3.8, 4) is 0 Å². The Kier molecular flexibility index (Phi) is 13.4. The summed E-state index contributed by atoms with van der Waals surface area (Å²) in [5, 5.41) is 0. The maximum atomic E-state index is 12.2. The number of esters is 6. The Labute approximate surface area is 247 Å². The molecule has 42 heavy (non-hydrogen) atoms. The predicted octanol–water partition coefficient (Wildman–Crippen LogP) is -0.381. The van der Waals surface area contributed by atoms with Gasteiger partial charge in [-0.25, -0.2) is 0 Å². The van der Waals surface area contributed by atoms with Crippen molar-refractivity contribution in [1.82, 2.24) is 0 Å². The van der Waals surface area contributed by atoms with Crippen LogP contribution in [0.1, 0.15) is 41.5 Å². The van der Waals surface area contributed by atoms with Crippen molar-refractivity contribution in [3.05, 3.63) is 0 Å². The molecule has 0 unspecified atom stereocenters. The van der Waals surface area contributed by atoms with E-state index in [0.29, 0.717) is 0 Å². The van der Waals surface area contributed by atoms with Crippen molar-refractivity contribution in [1.29, 1.82) is 0 Å². The van der Waals surface area contributed by atoms with Crippen molar-refractivity contribution in [3.63, 3.8) is 0 Å². The first kappa shape index (κ1) is 35.2. The van der Waals surface area contributed by atoms with Crippen molar-refractivity contribution >= 4 is 48.4 Å². The first-order valence-corrected chi connectivity index (χ1v) is 13.4. The van der Waals surface area contributed by atoms with Gasteiger partial charge in [-0.3, -0.25) is 28.8 Å². The molecule has 0 aromatic rings. The maximum Gasteiger partial charge on any atom is 0.303 e. The summed E-state index contributed by atoms with van der Waals surface area (Å²) in [7, 11) is 1.24. The van der Waals surface area contributed by atoms with Crippen LogP contribution in [0.5, 0.6) is 0 Å². The molecule has 2 saturated heterocycles. The fourth-order valence-corrected chi connectivity index (χ4v) is 4.77. The normalized spacial score (nSPS) is 32.6. The molecule has 2 rings (SSSR count). The summed E-state index contributed by atoms with van der Waals surface area (Å²) in [6.07, 6.45) is -13.7. The minimum absolute atomic E-state index is 0.0877. The molecule has 0 aromatic carbocycles. The molecule has 0 aromatic heterocycles. The highest BCUT2D eigenvalue weighted by atomic mass is 32.1. The average Bonchev–Trinajstić information content (AvgIpc) is 2.86. The summed E-state index contributed by atoms with van der Waals surface area (Å²) in [6.45, 7) is 6.18. The van der Waals surface area contributed by atoms with Gasteiger partial charge in [-0.2, -0.15) is 12.6 Å². The molecule has 0 saturated carbocycles. The number of carbonyl (C=O) groups excluding carboxylic acids is 6. The Balaban J connectivity index is 2.63. The van der Waals surface area contributed by atoms with Crippen LogP contribution in [0.25, 0.3) is 0 Å². The van der Waals surface area contributed by atoms with Crippen molar-refractivity contribution in [2.24, 2.45) is 0 Å². The first-order valence-electron chi connectivity index (χ1n) is 12.8. The number of hydrogen-bond acceptors (Lipinski definition) is 17. The summed E-state index contributed by atoms with van der Waals surface area (Å²) in [5.41, 5.74) is 0. The average molecular weight is 625 g/mol. The third-order valence-electron chi connectivity index (χ3n) is 5.85. The van der Waals surface area contributed by atoms with E-state index in [0.717, 1.165) is 41.5 Å². The summed E-state index contributed by atoms with van der Waals surface area (Å²) in [5.74, 6) is -4.76. The van der Waals surface area contributed by atoms with Crippen LogP contribution < -0.4 is 0 Å². The SMILES string of the molecule is CO[C@@H]1O[C@H](COC(C)=O)[C@@H](O[C@@H]2O[C@H](CS)[C@H](OC(C)=O)[C@H](OC(C)=O)[C@H]2OC(C)=O)[C@H](OC(C)=O)[C@H]1OC(C)=O. The molecule has 16 nitrogen and oxygen atoms in total. The summed E-state index contributed by atoms with van der Waals surface area (Å²) >= 11 is 4.25. The van der Waals surface area contributed by atoms with Gasteiger partial charge in [0.05, 0.1) is 0 Å². The van der Waals surface area contributed by atoms with Gasteiger partial charge in [0.1, 0.15) is 24.9 Å². The molecule has 0 bridgehead atoms. The van der Waals surface area contributed by atoms with Crippen LogP contribution in [-0.2, 0) is 76.1 Å². The monoisotopic (exact) mass is 624 g/mol. The smallest absolute Gasteiger partial charge is 0.303 e. The van der Waals surface area contributed by atoms with E-state index in [2.05, 4.69) is 12.6 Å².